The fraction of sp³-hybridized carbons (Fsp3) is 0.235. The number of nitrogens with zero attached hydrogens (tertiary/aromatic N) is 1. The Labute approximate surface area is 136 Å². The Morgan fingerprint density at radius 1 is 1.04 bits per heavy atom. The average molecular weight is 330 g/mol. The van der Waals surface area contributed by atoms with Gasteiger partial charge in [0.15, 0.2) is 0 Å². The summed E-state index contributed by atoms with van der Waals surface area (Å²) in [7, 11) is -3.48. The molecule has 1 aliphatic rings. The van der Waals surface area contributed by atoms with Crippen molar-refractivity contribution in [3.63, 3.8) is 0 Å². The zero-order chi connectivity index (χ0) is 16.4. The maximum atomic E-state index is 12.6. The van der Waals surface area contributed by atoms with E-state index in [0.717, 1.165) is 17.4 Å². The number of anilines is 1. The molecule has 6 heteroatoms. The Kier molecular flexibility index (Phi) is 4.19. The molecule has 120 valence electrons. The van der Waals surface area contributed by atoms with Crippen molar-refractivity contribution in [3.05, 3.63) is 65.7 Å². The highest BCUT2D eigenvalue weighted by atomic mass is 32.2. The van der Waals surface area contributed by atoms with Gasteiger partial charge < -0.3 is 5.32 Å². The topological polar surface area (TPSA) is 66.5 Å². The molecule has 2 aromatic carbocycles. The third kappa shape index (κ3) is 3.43. The smallest absolute Gasteiger partial charge is 0.243 e. The van der Waals surface area contributed by atoms with Gasteiger partial charge in [0.25, 0.3) is 0 Å². The number of nitrogens with one attached hydrogen (secondary N) is 1. The number of carbonyl (C=O) groups excluding carboxylic acids is 1. The summed E-state index contributed by atoms with van der Waals surface area (Å²) in [5.74, 6) is -0.309. The van der Waals surface area contributed by atoms with Gasteiger partial charge in [-0.25, -0.2) is 8.42 Å². The summed E-state index contributed by atoms with van der Waals surface area (Å²) in [6.07, 6.45) is 1.52. The summed E-state index contributed by atoms with van der Waals surface area (Å²) in [6, 6.07) is 15.9. The number of amides is 1. The van der Waals surface area contributed by atoms with Crippen LogP contribution >= 0.6 is 0 Å². The molecule has 1 atom stereocenters. The summed E-state index contributed by atoms with van der Waals surface area (Å²) in [5.41, 5.74) is 2.62. The van der Waals surface area contributed by atoms with Crippen LogP contribution in [-0.4, -0.2) is 30.9 Å². The van der Waals surface area contributed by atoms with Crippen molar-refractivity contribution in [2.75, 3.05) is 11.6 Å². The first kappa shape index (κ1) is 15.7. The standard InChI is InChI=1S/C17H18N2O3S/c1-23(21,22)19-12-14-8-6-5-7-13(14)11-16(19)17(20)18-15-9-3-2-4-10-15/h2-10,16H,11-12H2,1H3,(H,18,20)/t16-/m0/s1. The van der Waals surface area contributed by atoms with Crippen LogP contribution < -0.4 is 5.32 Å². The molecule has 1 amide bonds. The van der Waals surface area contributed by atoms with Crippen molar-refractivity contribution < 1.29 is 13.2 Å². The van der Waals surface area contributed by atoms with Gasteiger partial charge in [0.05, 0.1) is 6.26 Å². The molecule has 3 rings (SSSR count). The quantitative estimate of drug-likeness (QED) is 0.936. The molecule has 0 aromatic heterocycles. The van der Waals surface area contributed by atoms with Gasteiger partial charge >= 0.3 is 0 Å². The van der Waals surface area contributed by atoms with Crippen LogP contribution in [0, 0.1) is 0 Å². The summed E-state index contributed by atoms with van der Waals surface area (Å²) >= 11 is 0. The van der Waals surface area contributed by atoms with Crippen LogP contribution in [0.25, 0.3) is 0 Å². The summed E-state index contributed by atoms with van der Waals surface area (Å²) in [5, 5.41) is 2.80. The second-order valence-corrected chi connectivity index (χ2v) is 7.59. The molecular formula is C17H18N2O3S. The van der Waals surface area contributed by atoms with E-state index in [4.69, 9.17) is 0 Å². The predicted octanol–water partition coefficient (Wildman–Crippen LogP) is 2.01. The number of benzene rings is 2. The lowest BCUT2D eigenvalue weighted by Gasteiger charge is -2.34. The van der Waals surface area contributed by atoms with Crippen molar-refractivity contribution in [1.82, 2.24) is 4.31 Å². The maximum absolute atomic E-state index is 12.6. The molecule has 1 N–H and O–H groups in total. The van der Waals surface area contributed by atoms with Crippen LogP contribution in [0.5, 0.6) is 0 Å². The second-order valence-electron chi connectivity index (χ2n) is 5.65. The monoisotopic (exact) mass is 330 g/mol. The number of hydrogen-bond donors (Lipinski definition) is 1. The van der Waals surface area contributed by atoms with Gasteiger partial charge in [0.2, 0.25) is 15.9 Å². The molecule has 1 aliphatic heterocycles. The lowest BCUT2D eigenvalue weighted by atomic mass is 9.95. The molecular weight excluding hydrogens is 312 g/mol. The van der Waals surface area contributed by atoms with Crippen molar-refractivity contribution in [2.45, 2.75) is 19.0 Å². The van der Waals surface area contributed by atoms with Crippen molar-refractivity contribution in [3.8, 4) is 0 Å². The van der Waals surface area contributed by atoms with Crippen LogP contribution in [0.1, 0.15) is 11.1 Å². The third-order valence-corrected chi connectivity index (χ3v) is 5.21. The molecule has 0 radical (unpaired) electrons. The fourth-order valence-electron chi connectivity index (χ4n) is 2.82. The van der Waals surface area contributed by atoms with Gasteiger partial charge in [-0.05, 0) is 29.7 Å². The van der Waals surface area contributed by atoms with E-state index in [1.165, 1.54) is 4.31 Å². The minimum absolute atomic E-state index is 0.224. The van der Waals surface area contributed by atoms with Crippen molar-refractivity contribution in [1.29, 1.82) is 0 Å². The van der Waals surface area contributed by atoms with Gasteiger partial charge in [-0.1, -0.05) is 42.5 Å². The molecule has 0 unspecified atom stereocenters. The van der Waals surface area contributed by atoms with Crippen LogP contribution in [-0.2, 0) is 27.8 Å². The lowest BCUT2D eigenvalue weighted by Crippen LogP contribution is -2.50. The third-order valence-electron chi connectivity index (χ3n) is 3.98. The van der Waals surface area contributed by atoms with Crippen LogP contribution in [0.4, 0.5) is 5.69 Å². The van der Waals surface area contributed by atoms with E-state index >= 15 is 0 Å². The predicted molar refractivity (Wildman–Crippen MR) is 89.4 cm³/mol. The largest absolute Gasteiger partial charge is 0.325 e. The van der Waals surface area contributed by atoms with Gasteiger partial charge in [0, 0.05) is 12.2 Å². The molecule has 2 aromatic rings. The maximum Gasteiger partial charge on any atom is 0.243 e. The number of para-hydroxylation sites is 1. The number of hydrogen-bond acceptors (Lipinski definition) is 3. The van der Waals surface area contributed by atoms with Gasteiger partial charge in [-0.15, -0.1) is 0 Å². The Morgan fingerprint density at radius 3 is 2.30 bits per heavy atom. The minimum atomic E-state index is -3.48. The van der Waals surface area contributed by atoms with Crippen LogP contribution in [0.2, 0.25) is 0 Å². The Morgan fingerprint density at radius 2 is 1.65 bits per heavy atom. The summed E-state index contributed by atoms with van der Waals surface area (Å²) < 4.78 is 25.5. The first-order valence-electron chi connectivity index (χ1n) is 7.34. The molecule has 0 saturated carbocycles. The number of carbonyl (C=O) groups is 1. The first-order valence-corrected chi connectivity index (χ1v) is 9.19. The Hall–Kier alpha value is -2.18. The van der Waals surface area contributed by atoms with Crippen molar-refractivity contribution in [2.24, 2.45) is 0 Å². The number of rotatable bonds is 3. The molecule has 0 bridgehead atoms. The van der Waals surface area contributed by atoms with E-state index < -0.39 is 16.1 Å². The van der Waals surface area contributed by atoms with E-state index in [-0.39, 0.29) is 12.5 Å². The van der Waals surface area contributed by atoms with Crippen molar-refractivity contribution >= 4 is 21.6 Å². The van der Waals surface area contributed by atoms with Gasteiger partial charge in [-0.2, -0.15) is 4.31 Å². The first-order chi connectivity index (χ1) is 10.9. The Balaban J connectivity index is 1.90. The Bertz CT molecular complexity index is 819. The van der Waals surface area contributed by atoms with E-state index in [0.29, 0.717) is 12.1 Å². The van der Waals surface area contributed by atoms with Gasteiger partial charge in [-0.3, -0.25) is 4.79 Å². The van der Waals surface area contributed by atoms with Crippen LogP contribution in [0.15, 0.2) is 54.6 Å². The van der Waals surface area contributed by atoms with E-state index in [2.05, 4.69) is 5.32 Å². The molecule has 1 heterocycles. The zero-order valence-corrected chi connectivity index (χ0v) is 13.6. The lowest BCUT2D eigenvalue weighted by molar-refractivity contribution is -0.120. The molecule has 5 nitrogen and oxygen atoms in total. The number of fused-ring (bicyclic) bond motifs is 1. The van der Waals surface area contributed by atoms with E-state index in [9.17, 15) is 13.2 Å². The highest BCUT2D eigenvalue weighted by molar-refractivity contribution is 7.88. The minimum Gasteiger partial charge on any atom is -0.325 e. The normalized spacial score (nSPS) is 18.2. The van der Waals surface area contributed by atoms with E-state index in [1.54, 1.807) is 12.1 Å². The summed E-state index contributed by atoms with van der Waals surface area (Å²) in [4.78, 5) is 12.6. The molecule has 0 aliphatic carbocycles. The molecule has 0 saturated heterocycles. The van der Waals surface area contributed by atoms with E-state index in [1.807, 2.05) is 42.5 Å². The number of sulfonamides is 1. The molecule has 0 fully saturated rings. The highest BCUT2D eigenvalue weighted by Crippen LogP contribution is 2.26. The highest BCUT2D eigenvalue weighted by Gasteiger charge is 2.36. The molecule has 23 heavy (non-hydrogen) atoms. The average Bonchev–Trinajstić information content (AvgIpc) is 2.53. The molecule has 0 spiro atoms. The van der Waals surface area contributed by atoms with Crippen LogP contribution in [0.3, 0.4) is 0 Å². The van der Waals surface area contributed by atoms with Gasteiger partial charge in [0.1, 0.15) is 6.04 Å². The fourth-order valence-corrected chi connectivity index (χ4v) is 3.82. The SMILES string of the molecule is CS(=O)(=O)N1Cc2ccccc2C[C@H]1C(=O)Nc1ccccc1. The second kappa shape index (κ2) is 6.14. The zero-order valence-electron chi connectivity index (χ0n) is 12.8. The summed E-state index contributed by atoms with van der Waals surface area (Å²) in [6.45, 7) is 0.224.